The van der Waals surface area contributed by atoms with Crippen molar-refractivity contribution >= 4 is 15.8 Å². The Morgan fingerprint density at radius 2 is 1.04 bits per heavy atom. The third kappa shape index (κ3) is 9.15. The van der Waals surface area contributed by atoms with Crippen LogP contribution < -0.4 is 0 Å². The number of rotatable bonds is 10. The monoisotopic (exact) mass is 364 g/mol. The van der Waals surface area contributed by atoms with Crippen molar-refractivity contribution in [2.45, 2.75) is 97.5 Å². The first kappa shape index (κ1) is 23.8. The van der Waals surface area contributed by atoms with Crippen LogP contribution in [0.5, 0.6) is 0 Å². The average Bonchev–Trinajstić information content (AvgIpc) is 2.34. The first-order valence-electron chi connectivity index (χ1n) is 9.20. The van der Waals surface area contributed by atoms with E-state index in [1.807, 2.05) is 0 Å². The molecule has 0 unspecified atom stereocenters. The van der Waals surface area contributed by atoms with Crippen molar-refractivity contribution in [1.29, 1.82) is 0 Å². The Labute approximate surface area is 149 Å². The fourth-order valence-corrected chi connectivity index (χ4v) is 9.27. The number of unbranched alkanes of at least 4 members (excludes halogenated alkanes) is 2. The van der Waals surface area contributed by atoms with Gasteiger partial charge in [0.15, 0.2) is 0 Å². The third-order valence-corrected chi connectivity index (χ3v) is 9.46. The Hall–Kier alpha value is 0.780. The van der Waals surface area contributed by atoms with Gasteiger partial charge in [0.25, 0.3) is 0 Å². The van der Waals surface area contributed by atoms with E-state index in [1.165, 1.54) is 38.0 Å². The zero-order valence-electron chi connectivity index (χ0n) is 17.5. The van der Waals surface area contributed by atoms with E-state index in [0.717, 1.165) is 0 Å². The highest BCUT2D eigenvalue weighted by Crippen LogP contribution is 2.68. The molecule has 0 spiro atoms. The van der Waals surface area contributed by atoms with Crippen molar-refractivity contribution in [2.75, 3.05) is 25.7 Å². The maximum atomic E-state index is 6.75. The SMILES string of the molecule is CCCCP(CCCC)C(OC(C)(C)C)(OC(C)(C)C)P(C)C. The highest BCUT2D eigenvalue weighted by molar-refractivity contribution is 7.76. The molecule has 0 saturated carbocycles. The van der Waals surface area contributed by atoms with Gasteiger partial charge in [-0.1, -0.05) is 26.7 Å². The van der Waals surface area contributed by atoms with Gasteiger partial charge in [-0.2, -0.15) is 0 Å². The molecular formula is C19H42O2P2. The smallest absolute Gasteiger partial charge is 0.205 e. The fourth-order valence-electron chi connectivity index (χ4n) is 2.51. The van der Waals surface area contributed by atoms with Crippen molar-refractivity contribution < 1.29 is 9.47 Å². The Morgan fingerprint density at radius 1 is 0.696 bits per heavy atom. The molecule has 0 fully saturated rings. The molecule has 0 bridgehead atoms. The summed E-state index contributed by atoms with van der Waals surface area (Å²) in [5, 5.41) is -0.383. The van der Waals surface area contributed by atoms with Gasteiger partial charge in [0.2, 0.25) is 5.27 Å². The third-order valence-electron chi connectivity index (χ3n) is 3.41. The van der Waals surface area contributed by atoms with E-state index >= 15 is 0 Å². The van der Waals surface area contributed by atoms with E-state index in [0.29, 0.717) is 0 Å². The molecule has 4 heteroatoms. The average molecular weight is 364 g/mol. The minimum atomic E-state index is -0.383. The first-order chi connectivity index (χ1) is 10.4. The van der Waals surface area contributed by atoms with Gasteiger partial charge in [-0.3, -0.25) is 0 Å². The van der Waals surface area contributed by atoms with Crippen LogP contribution in [0.1, 0.15) is 81.1 Å². The van der Waals surface area contributed by atoms with Crippen LogP contribution in [0.3, 0.4) is 0 Å². The molecule has 23 heavy (non-hydrogen) atoms. The van der Waals surface area contributed by atoms with Crippen molar-refractivity contribution in [3.05, 3.63) is 0 Å². The van der Waals surface area contributed by atoms with Crippen LogP contribution >= 0.6 is 15.8 Å². The zero-order valence-corrected chi connectivity index (χ0v) is 19.2. The van der Waals surface area contributed by atoms with Gasteiger partial charge in [0.05, 0.1) is 11.2 Å². The summed E-state index contributed by atoms with van der Waals surface area (Å²) < 4.78 is 13.5. The Morgan fingerprint density at radius 3 is 1.26 bits per heavy atom. The number of ether oxygens (including phenoxy) is 2. The van der Waals surface area contributed by atoms with Crippen LogP contribution in [0.15, 0.2) is 0 Å². The predicted octanol–water partition coefficient (Wildman–Crippen LogP) is 7.05. The second kappa shape index (κ2) is 10.1. The topological polar surface area (TPSA) is 18.5 Å². The fraction of sp³-hybridized carbons (Fsp3) is 1.00. The lowest BCUT2D eigenvalue weighted by Crippen LogP contribution is -2.45. The van der Waals surface area contributed by atoms with Crippen LogP contribution in [-0.2, 0) is 9.47 Å². The van der Waals surface area contributed by atoms with E-state index < -0.39 is 0 Å². The summed E-state index contributed by atoms with van der Waals surface area (Å²) in [4.78, 5) is 0. The number of hydrogen-bond donors (Lipinski definition) is 0. The van der Waals surface area contributed by atoms with Gasteiger partial charge < -0.3 is 9.47 Å². The summed E-state index contributed by atoms with van der Waals surface area (Å²) in [7, 11) is -0.669. The number of hydrogen-bond acceptors (Lipinski definition) is 2. The highest BCUT2D eigenvalue weighted by Gasteiger charge is 2.48. The molecule has 0 aromatic carbocycles. The second-order valence-electron chi connectivity index (χ2n) is 8.57. The second-order valence-corrected chi connectivity index (χ2v) is 13.9. The summed E-state index contributed by atoms with van der Waals surface area (Å²) in [6.07, 6.45) is 7.58. The van der Waals surface area contributed by atoms with Gasteiger partial charge in [-0.25, -0.2) is 0 Å². The molecular weight excluding hydrogens is 322 g/mol. The minimum absolute atomic E-state index is 0.184. The van der Waals surface area contributed by atoms with Gasteiger partial charge >= 0.3 is 0 Å². The molecule has 0 N–H and O–H groups in total. The molecule has 0 aliphatic carbocycles. The van der Waals surface area contributed by atoms with Crippen molar-refractivity contribution in [3.8, 4) is 0 Å². The summed E-state index contributed by atoms with van der Waals surface area (Å²) in [5.41, 5.74) is -0.367. The Balaban J connectivity index is 5.76. The van der Waals surface area contributed by atoms with E-state index in [2.05, 4.69) is 68.7 Å². The van der Waals surface area contributed by atoms with Crippen LogP contribution in [0.25, 0.3) is 0 Å². The molecule has 0 radical (unpaired) electrons. The predicted molar refractivity (Wildman–Crippen MR) is 110 cm³/mol. The lowest BCUT2D eigenvalue weighted by molar-refractivity contribution is -0.215. The molecule has 0 heterocycles. The molecule has 0 aromatic heterocycles. The van der Waals surface area contributed by atoms with Gasteiger partial charge in [0, 0.05) is 0 Å². The van der Waals surface area contributed by atoms with E-state index in [9.17, 15) is 0 Å². The Bertz CT molecular complexity index is 292. The summed E-state index contributed by atoms with van der Waals surface area (Å²) in [5.74, 6) is 0. The normalized spacial score (nSPS) is 14.1. The van der Waals surface area contributed by atoms with Crippen LogP contribution in [0, 0.1) is 0 Å². The molecule has 0 atom stereocenters. The summed E-state index contributed by atoms with van der Waals surface area (Å²) >= 11 is 0. The highest BCUT2D eigenvalue weighted by atomic mass is 31.2. The van der Waals surface area contributed by atoms with Crippen LogP contribution in [0.4, 0.5) is 0 Å². The largest absolute Gasteiger partial charge is 0.337 e. The van der Waals surface area contributed by atoms with Crippen LogP contribution in [0.2, 0.25) is 0 Å². The lowest BCUT2D eigenvalue weighted by Gasteiger charge is -2.50. The van der Waals surface area contributed by atoms with E-state index in [1.54, 1.807) is 0 Å². The van der Waals surface area contributed by atoms with Gasteiger partial charge in [-0.15, -0.1) is 0 Å². The van der Waals surface area contributed by atoms with E-state index in [-0.39, 0.29) is 32.3 Å². The van der Waals surface area contributed by atoms with Gasteiger partial charge in [-0.05, 0) is 95.9 Å². The lowest BCUT2D eigenvalue weighted by atomic mass is 10.2. The van der Waals surface area contributed by atoms with Crippen LogP contribution in [-0.4, -0.2) is 42.1 Å². The maximum Gasteiger partial charge on any atom is 0.205 e. The maximum absolute atomic E-state index is 6.75. The van der Waals surface area contributed by atoms with Crippen molar-refractivity contribution in [2.24, 2.45) is 0 Å². The minimum Gasteiger partial charge on any atom is -0.337 e. The Kier molecular flexibility index (Phi) is 10.4. The molecule has 0 aliphatic rings. The molecule has 140 valence electrons. The molecule has 0 rings (SSSR count). The molecule has 2 nitrogen and oxygen atoms in total. The summed E-state index contributed by atoms with van der Waals surface area (Å²) in [6, 6.07) is 0. The summed E-state index contributed by atoms with van der Waals surface area (Å²) in [6.45, 7) is 22.2. The molecule has 0 amide bonds. The quantitative estimate of drug-likeness (QED) is 0.305. The van der Waals surface area contributed by atoms with E-state index in [4.69, 9.17) is 9.47 Å². The molecule has 0 saturated heterocycles. The van der Waals surface area contributed by atoms with Crippen molar-refractivity contribution in [1.82, 2.24) is 0 Å². The first-order valence-corrected chi connectivity index (χ1v) is 13.2. The zero-order chi connectivity index (χ0) is 18.3. The van der Waals surface area contributed by atoms with Gasteiger partial charge in [0.1, 0.15) is 0 Å². The molecule has 0 aliphatic heterocycles. The molecule has 0 aromatic rings. The van der Waals surface area contributed by atoms with Crippen molar-refractivity contribution in [3.63, 3.8) is 0 Å². The standard InChI is InChI=1S/C19H42O2P2/c1-11-13-15-23(16-14-12-2)19(22(9)10,20-17(3,4)5)21-18(6,7)8/h11-16H2,1-10H3.